The molecule has 0 amide bonds. The molecule has 1 aromatic carbocycles. The summed E-state index contributed by atoms with van der Waals surface area (Å²) in [5.41, 5.74) is 1.58. The number of thioether (sulfide) groups is 1. The van der Waals surface area contributed by atoms with Crippen molar-refractivity contribution in [3.05, 3.63) is 46.0 Å². The maximum atomic E-state index is 12.2. The van der Waals surface area contributed by atoms with E-state index in [0.29, 0.717) is 22.4 Å². The summed E-state index contributed by atoms with van der Waals surface area (Å²) in [4.78, 5) is 19.0. The second-order valence-electron chi connectivity index (χ2n) is 4.89. The summed E-state index contributed by atoms with van der Waals surface area (Å²) in [6.07, 6.45) is 0. The molecule has 1 aromatic heterocycles. The molecule has 0 bridgehead atoms. The predicted octanol–water partition coefficient (Wildman–Crippen LogP) is 3.09. The lowest BCUT2D eigenvalue weighted by molar-refractivity contribution is 0.451. The van der Waals surface area contributed by atoms with Gasteiger partial charge in [0.1, 0.15) is 11.4 Å². The molecule has 1 heterocycles. The van der Waals surface area contributed by atoms with E-state index in [0.717, 1.165) is 5.56 Å². The van der Waals surface area contributed by atoms with Gasteiger partial charge < -0.3 is 10.1 Å². The van der Waals surface area contributed by atoms with Crippen LogP contribution in [0.25, 0.3) is 11.1 Å². The Labute approximate surface area is 122 Å². The van der Waals surface area contributed by atoms with Crippen LogP contribution in [0.4, 0.5) is 0 Å². The number of hydrogen-bond donors (Lipinski definition) is 2. The Morgan fingerprint density at radius 2 is 2.05 bits per heavy atom. The van der Waals surface area contributed by atoms with Crippen molar-refractivity contribution in [2.24, 2.45) is 0 Å². The lowest BCUT2D eigenvalue weighted by Crippen LogP contribution is -2.14. The Hall–Kier alpha value is -1.75. The quantitative estimate of drug-likeness (QED) is 0.908. The van der Waals surface area contributed by atoms with Crippen molar-refractivity contribution in [2.75, 3.05) is 0 Å². The van der Waals surface area contributed by atoms with Gasteiger partial charge in [0.05, 0.1) is 5.75 Å². The smallest absolute Gasteiger partial charge is 0.262 e. The summed E-state index contributed by atoms with van der Waals surface area (Å²) >= 11 is 1.66. The summed E-state index contributed by atoms with van der Waals surface area (Å²) < 4.78 is 0. The Balaban J connectivity index is 2.42. The highest BCUT2D eigenvalue weighted by atomic mass is 32.2. The first-order valence-corrected chi connectivity index (χ1v) is 7.53. The SMILES string of the molecule is Cc1ccccc1-c1c(O)nc(CSC(C)C)[nH]c1=O. The first kappa shape index (κ1) is 14.7. The number of aryl methyl sites for hydroxylation is 1. The van der Waals surface area contributed by atoms with Gasteiger partial charge in [-0.2, -0.15) is 16.7 Å². The lowest BCUT2D eigenvalue weighted by Gasteiger charge is -2.09. The minimum absolute atomic E-state index is 0.206. The molecule has 4 nitrogen and oxygen atoms in total. The normalized spacial score (nSPS) is 11.0. The highest BCUT2D eigenvalue weighted by Gasteiger charge is 2.14. The molecular weight excluding hydrogens is 272 g/mol. The van der Waals surface area contributed by atoms with Crippen molar-refractivity contribution in [3.63, 3.8) is 0 Å². The Kier molecular flexibility index (Phi) is 4.49. The Morgan fingerprint density at radius 3 is 2.65 bits per heavy atom. The standard InChI is InChI=1S/C15H18N2O2S/c1-9(2)20-8-12-16-14(18)13(15(19)17-12)11-7-5-4-6-10(11)3/h4-7,9H,8H2,1-3H3,(H2,16,17,18,19). The summed E-state index contributed by atoms with van der Waals surface area (Å²) in [6.45, 7) is 6.05. The maximum absolute atomic E-state index is 12.2. The van der Waals surface area contributed by atoms with E-state index in [2.05, 4.69) is 23.8 Å². The Morgan fingerprint density at radius 1 is 1.35 bits per heavy atom. The zero-order valence-electron chi connectivity index (χ0n) is 11.8. The number of nitrogens with zero attached hydrogens (tertiary/aromatic N) is 1. The average Bonchev–Trinajstić information content (AvgIpc) is 2.38. The number of nitrogens with one attached hydrogen (secondary N) is 1. The molecule has 2 N–H and O–H groups in total. The van der Waals surface area contributed by atoms with Gasteiger partial charge in [-0.05, 0) is 23.3 Å². The molecule has 106 valence electrons. The molecule has 0 atom stereocenters. The molecule has 2 rings (SSSR count). The molecule has 0 spiro atoms. The third-order valence-corrected chi connectivity index (χ3v) is 4.02. The van der Waals surface area contributed by atoms with Gasteiger partial charge in [0.25, 0.3) is 5.56 Å². The summed E-state index contributed by atoms with van der Waals surface area (Å²) in [6, 6.07) is 7.44. The number of H-pyrrole nitrogens is 1. The highest BCUT2D eigenvalue weighted by Crippen LogP contribution is 2.26. The van der Waals surface area contributed by atoms with Crippen LogP contribution in [0.1, 0.15) is 25.2 Å². The van der Waals surface area contributed by atoms with Crippen LogP contribution >= 0.6 is 11.8 Å². The van der Waals surface area contributed by atoms with E-state index in [-0.39, 0.29) is 17.0 Å². The predicted molar refractivity (Wildman–Crippen MR) is 83.1 cm³/mol. The van der Waals surface area contributed by atoms with Crippen molar-refractivity contribution in [3.8, 4) is 17.0 Å². The number of benzene rings is 1. The summed E-state index contributed by atoms with van der Waals surface area (Å²) in [5, 5.41) is 10.5. The topological polar surface area (TPSA) is 66.0 Å². The van der Waals surface area contributed by atoms with Crippen LogP contribution in [0.5, 0.6) is 5.88 Å². The van der Waals surface area contributed by atoms with Crippen LogP contribution in [-0.2, 0) is 5.75 Å². The molecule has 20 heavy (non-hydrogen) atoms. The van der Waals surface area contributed by atoms with Crippen LogP contribution in [0, 0.1) is 6.92 Å². The van der Waals surface area contributed by atoms with E-state index in [1.807, 2.05) is 31.2 Å². The van der Waals surface area contributed by atoms with E-state index in [4.69, 9.17) is 0 Å². The molecule has 0 saturated heterocycles. The van der Waals surface area contributed by atoms with E-state index >= 15 is 0 Å². The number of aromatic nitrogens is 2. The molecule has 0 aliphatic rings. The number of aromatic hydroxyl groups is 1. The van der Waals surface area contributed by atoms with Crippen molar-refractivity contribution < 1.29 is 5.11 Å². The van der Waals surface area contributed by atoms with E-state index in [9.17, 15) is 9.90 Å². The van der Waals surface area contributed by atoms with Gasteiger partial charge in [-0.15, -0.1) is 0 Å². The minimum Gasteiger partial charge on any atom is -0.493 e. The molecule has 2 aromatic rings. The van der Waals surface area contributed by atoms with Crippen LogP contribution in [0.2, 0.25) is 0 Å². The van der Waals surface area contributed by atoms with Crippen LogP contribution < -0.4 is 5.56 Å². The van der Waals surface area contributed by atoms with E-state index < -0.39 is 0 Å². The zero-order chi connectivity index (χ0) is 14.7. The van der Waals surface area contributed by atoms with Crippen molar-refractivity contribution >= 4 is 11.8 Å². The lowest BCUT2D eigenvalue weighted by atomic mass is 10.0. The van der Waals surface area contributed by atoms with Gasteiger partial charge in [-0.1, -0.05) is 38.1 Å². The summed E-state index contributed by atoms with van der Waals surface area (Å²) in [7, 11) is 0. The van der Waals surface area contributed by atoms with Crippen LogP contribution in [-0.4, -0.2) is 20.3 Å². The number of aromatic amines is 1. The molecule has 0 radical (unpaired) electrons. The molecule has 0 fully saturated rings. The van der Waals surface area contributed by atoms with Gasteiger partial charge in [0.2, 0.25) is 5.88 Å². The van der Waals surface area contributed by atoms with Crippen molar-refractivity contribution in [1.29, 1.82) is 0 Å². The highest BCUT2D eigenvalue weighted by molar-refractivity contribution is 7.99. The monoisotopic (exact) mass is 290 g/mol. The van der Waals surface area contributed by atoms with Crippen molar-refractivity contribution in [1.82, 2.24) is 9.97 Å². The van der Waals surface area contributed by atoms with E-state index in [1.54, 1.807) is 11.8 Å². The largest absolute Gasteiger partial charge is 0.493 e. The zero-order valence-corrected chi connectivity index (χ0v) is 12.6. The van der Waals surface area contributed by atoms with Crippen LogP contribution in [0.15, 0.2) is 29.1 Å². The first-order chi connectivity index (χ1) is 9.49. The van der Waals surface area contributed by atoms with E-state index in [1.165, 1.54) is 0 Å². The maximum Gasteiger partial charge on any atom is 0.262 e. The molecule has 5 heteroatoms. The molecule has 0 unspecified atom stereocenters. The molecule has 0 saturated carbocycles. The van der Waals surface area contributed by atoms with Gasteiger partial charge in [0, 0.05) is 0 Å². The second kappa shape index (κ2) is 6.13. The number of hydrogen-bond acceptors (Lipinski definition) is 4. The molecule has 0 aliphatic heterocycles. The second-order valence-corrected chi connectivity index (χ2v) is 6.45. The van der Waals surface area contributed by atoms with Gasteiger partial charge >= 0.3 is 0 Å². The number of rotatable bonds is 4. The fourth-order valence-electron chi connectivity index (χ4n) is 1.92. The van der Waals surface area contributed by atoms with Gasteiger partial charge in [-0.3, -0.25) is 4.79 Å². The minimum atomic E-state index is -0.300. The third kappa shape index (κ3) is 3.22. The van der Waals surface area contributed by atoms with Crippen LogP contribution in [0.3, 0.4) is 0 Å². The fourth-order valence-corrected chi connectivity index (χ4v) is 2.54. The summed E-state index contributed by atoms with van der Waals surface area (Å²) in [5.74, 6) is 0.875. The first-order valence-electron chi connectivity index (χ1n) is 6.48. The van der Waals surface area contributed by atoms with Gasteiger partial charge in [0.15, 0.2) is 0 Å². The van der Waals surface area contributed by atoms with Crippen molar-refractivity contribution in [2.45, 2.75) is 31.8 Å². The molecule has 0 aliphatic carbocycles. The fraction of sp³-hybridized carbons (Fsp3) is 0.333. The third-order valence-electron chi connectivity index (χ3n) is 2.92. The molecular formula is C15H18N2O2S. The van der Waals surface area contributed by atoms with Gasteiger partial charge in [-0.25, -0.2) is 0 Å². The average molecular weight is 290 g/mol. The Bertz CT molecular complexity index is 665.